The highest BCUT2D eigenvalue weighted by Crippen LogP contribution is 2.32. The molecule has 0 amide bonds. The minimum Gasteiger partial charge on any atom is -0.486 e. The second kappa shape index (κ2) is 9.72. The summed E-state index contributed by atoms with van der Waals surface area (Å²) in [5.41, 5.74) is 5.07. The molecule has 7 nitrogen and oxygen atoms in total. The van der Waals surface area contributed by atoms with Gasteiger partial charge in [-0.15, -0.1) is 0 Å². The predicted molar refractivity (Wildman–Crippen MR) is 121 cm³/mol. The Morgan fingerprint density at radius 3 is 2.69 bits per heavy atom. The molecule has 0 spiro atoms. The Bertz CT molecular complexity index is 1120. The molecule has 2 aromatic heterocycles. The third-order valence-corrected chi connectivity index (χ3v) is 5.77. The quantitative estimate of drug-likeness (QED) is 0.582. The van der Waals surface area contributed by atoms with Crippen molar-refractivity contribution in [2.24, 2.45) is 0 Å². The molecule has 0 bridgehead atoms. The maximum atomic E-state index is 9.00. The summed E-state index contributed by atoms with van der Waals surface area (Å²) in [5, 5.41) is 10.1. The average Bonchev–Trinajstić information content (AvgIpc) is 3.15. The molecule has 32 heavy (non-hydrogen) atoms. The van der Waals surface area contributed by atoms with Crippen molar-refractivity contribution >= 4 is 11.0 Å². The zero-order valence-corrected chi connectivity index (χ0v) is 18.0. The summed E-state index contributed by atoms with van der Waals surface area (Å²) in [6.45, 7) is 5.51. The minimum absolute atomic E-state index is 0.0622. The number of aromatic amines is 1. The number of nitrogens with one attached hydrogen (secondary N) is 1. The summed E-state index contributed by atoms with van der Waals surface area (Å²) in [4.78, 5) is 10.6. The van der Waals surface area contributed by atoms with Crippen LogP contribution in [0.5, 0.6) is 5.75 Å². The Balaban J connectivity index is 1.49. The van der Waals surface area contributed by atoms with E-state index in [1.807, 2.05) is 12.1 Å². The van der Waals surface area contributed by atoms with Crippen molar-refractivity contribution in [2.75, 3.05) is 46.1 Å². The van der Waals surface area contributed by atoms with Crippen LogP contribution in [0, 0.1) is 11.8 Å². The Labute approximate surface area is 187 Å². The molecule has 0 saturated carbocycles. The number of rotatable bonds is 6. The number of pyridine rings is 1. The first kappa shape index (κ1) is 21.0. The van der Waals surface area contributed by atoms with E-state index in [1.54, 1.807) is 6.20 Å². The highest BCUT2D eigenvalue weighted by Gasteiger charge is 2.21. The van der Waals surface area contributed by atoms with Gasteiger partial charge in [0.15, 0.2) is 0 Å². The van der Waals surface area contributed by atoms with E-state index in [9.17, 15) is 0 Å². The van der Waals surface area contributed by atoms with Gasteiger partial charge in [0, 0.05) is 48.8 Å². The van der Waals surface area contributed by atoms with Crippen LogP contribution in [0.1, 0.15) is 17.5 Å². The van der Waals surface area contributed by atoms with Crippen LogP contribution in [-0.2, 0) is 16.0 Å². The number of H-pyrrole nitrogens is 1. The molecule has 2 fully saturated rings. The second-order valence-corrected chi connectivity index (χ2v) is 8.06. The van der Waals surface area contributed by atoms with E-state index in [-0.39, 0.29) is 12.7 Å². The first-order valence-electron chi connectivity index (χ1n) is 11.1. The van der Waals surface area contributed by atoms with Crippen LogP contribution < -0.4 is 4.74 Å². The van der Waals surface area contributed by atoms with Gasteiger partial charge < -0.3 is 24.3 Å². The fourth-order valence-corrected chi connectivity index (χ4v) is 3.98. The van der Waals surface area contributed by atoms with Gasteiger partial charge in [-0.3, -0.25) is 4.90 Å². The van der Waals surface area contributed by atoms with Gasteiger partial charge in [0.1, 0.15) is 17.5 Å². The molecule has 0 aliphatic carbocycles. The number of aromatic nitrogens is 2. The van der Waals surface area contributed by atoms with E-state index in [2.05, 4.69) is 44.9 Å². The minimum atomic E-state index is 0.0622. The zero-order chi connectivity index (χ0) is 21.8. The number of hydrogen-bond acceptors (Lipinski definition) is 6. The molecule has 166 valence electrons. The van der Waals surface area contributed by atoms with Crippen molar-refractivity contribution in [1.82, 2.24) is 14.9 Å². The number of aliphatic hydroxyl groups is 1. The fourth-order valence-electron chi connectivity index (χ4n) is 3.98. The summed E-state index contributed by atoms with van der Waals surface area (Å²) < 4.78 is 16.6. The van der Waals surface area contributed by atoms with Crippen molar-refractivity contribution < 1.29 is 19.3 Å². The molecule has 0 unspecified atom stereocenters. The van der Waals surface area contributed by atoms with Crippen LogP contribution in [0.2, 0.25) is 0 Å². The first-order valence-corrected chi connectivity index (χ1v) is 11.1. The van der Waals surface area contributed by atoms with Crippen LogP contribution in [0.3, 0.4) is 0 Å². The summed E-state index contributed by atoms with van der Waals surface area (Å²) in [6.07, 6.45) is 2.39. The first-order chi connectivity index (χ1) is 15.8. The average molecular weight is 434 g/mol. The monoisotopic (exact) mass is 433 g/mol. The van der Waals surface area contributed by atoms with Crippen molar-refractivity contribution in [1.29, 1.82) is 0 Å². The number of ether oxygens (including phenoxy) is 3. The Morgan fingerprint density at radius 1 is 1.16 bits per heavy atom. The van der Waals surface area contributed by atoms with Crippen molar-refractivity contribution in [3.63, 3.8) is 0 Å². The van der Waals surface area contributed by atoms with Gasteiger partial charge in [0.25, 0.3) is 0 Å². The Morgan fingerprint density at radius 2 is 1.97 bits per heavy atom. The smallest absolute Gasteiger partial charge is 0.145 e. The maximum absolute atomic E-state index is 9.00. The molecular weight excluding hydrogens is 406 g/mol. The SMILES string of the molecule is OCCC#Cc1cnc2[nH]c(-c3ccc(OC4COC4)cc3)c(CN3CCOCC3)c2c1. The maximum Gasteiger partial charge on any atom is 0.145 e. The van der Waals surface area contributed by atoms with Gasteiger partial charge in [0.05, 0.1) is 38.7 Å². The van der Waals surface area contributed by atoms with Crippen molar-refractivity contribution in [3.8, 4) is 28.8 Å². The topological polar surface area (TPSA) is 79.8 Å². The molecule has 2 saturated heterocycles. The van der Waals surface area contributed by atoms with Gasteiger partial charge in [-0.2, -0.15) is 0 Å². The van der Waals surface area contributed by atoms with E-state index < -0.39 is 0 Å². The molecular formula is C25H27N3O4. The normalized spacial score (nSPS) is 17.0. The Kier molecular flexibility index (Phi) is 6.37. The van der Waals surface area contributed by atoms with Gasteiger partial charge in [-0.25, -0.2) is 4.98 Å². The second-order valence-electron chi connectivity index (χ2n) is 8.06. The van der Waals surface area contributed by atoms with Crippen molar-refractivity contribution in [2.45, 2.75) is 19.1 Å². The third-order valence-electron chi connectivity index (χ3n) is 5.77. The Hall–Kier alpha value is -2.89. The van der Waals surface area contributed by atoms with Gasteiger partial charge in [-0.1, -0.05) is 11.8 Å². The molecule has 7 heteroatoms. The number of nitrogens with zero attached hydrogens (tertiary/aromatic N) is 2. The largest absolute Gasteiger partial charge is 0.486 e. The fraction of sp³-hybridized carbons (Fsp3) is 0.400. The van der Waals surface area contributed by atoms with Crippen molar-refractivity contribution in [3.05, 3.63) is 47.7 Å². The summed E-state index contributed by atoms with van der Waals surface area (Å²) in [5.74, 6) is 6.95. The lowest BCUT2D eigenvalue weighted by molar-refractivity contribution is -0.0796. The summed E-state index contributed by atoms with van der Waals surface area (Å²) in [7, 11) is 0. The molecule has 4 heterocycles. The molecule has 5 rings (SSSR count). The van der Waals surface area contributed by atoms with Gasteiger partial charge >= 0.3 is 0 Å². The van der Waals surface area contributed by atoms with Crippen LogP contribution in [0.15, 0.2) is 36.5 Å². The number of morpholine rings is 1. The van der Waals surface area contributed by atoms with E-state index >= 15 is 0 Å². The predicted octanol–water partition coefficient (Wildman–Crippen LogP) is 2.57. The highest BCUT2D eigenvalue weighted by molar-refractivity contribution is 5.89. The molecule has 2 aliphatic rings. The van der Waals surface area contributed by atoms with E-state index in [0.717, 1.165) is 66.5 Å². The molecule has 1 aromatic carbocycles. The number of aliphatic hydroxyl groups excluding tert-OH is 1. The zero-order valence-electron chi connectivity index (χ0n) is 18.0. The molecule has 3 aromatic rings. The number of hydrogen-bond donors (Lipinski definition) is 2. The third kappa shape index (κ3) is 4.64. The lowest BCUT2D eigenvalue weighted by Gasteiger charge is -2.27. The number of fused-ring (bicyclic) bond motifs is 1. The van der Waals surface area contributed by atoms with Crippen LogP contribution in [-0.4, -0.2) is 72.2 Å². The highest BCUT2D eigenvalue weighted by atomic mass is 16.6. The van der Waals surface area contributed by atoms with Gasteiger partial charge in [0.2, 0.25) is 0 Å². The lowest BCUT2D eigenvalue weighted by Crippen LogP contribution is -2.38. The standard InChI is InChI=1S/C25H27N3O4/c29-10-2-1-3-18-13-22-23(15-28-8-11-30-12-9-28)24(27-25(22)26-14-18)19-4-6-20(7-5-19)32-21-16-31-17-21/h4-7,13-14,21,29H,2,8-12,15-17H2,(H,26,27). The molecule has 2 N–H and O–H groups in total. The molecule has 0 atom stereocenters. The van der Waals surface area contributed by atoms with E-state index in [0.29, 0.717) is 19.6 Å². The van der Waals surface area contributed by atoms with E-state index in [1.165, 1.54) is 5.56 Å². The lowest BCUT2D eigenvalue weighted by atomic mass is 10.0. The summed E-state index contributed by atoms with van der Waals surface area (Å²) >= 11 is 0. The van der Waals surface area contributed by atoms with Crippen LogP contribution >= 0.6 is 0 Å². The number of benzene rings is 1. The van der Waals surface area contributed by atoms with E-state index in [4.69, 9.17) is 19.3 Å². The van der Waals surface area contributed by atoms with Crippen LogP contribution in [0.25, 0.3) is 22.3 Å². The molecule has 0 radical (unpaired) electrons. The van der Waals surface area contributed by atoms with Gasteiger partial charge in [-0.05, 0) is 35.9 Å². The van der Waals surface area contributed by atoms with Crippen LogP contribution in [0.4, 0.5) is 0 Å². The summed E-state index contributed by atoms with van der Waals surface area (Å²) in [6, 6.07) is 10.3. The molecule has 2 aliphatic heterocycles.